The molecule has 2 aromatic carbocycles. The van der Waals surface area contributed by atoms with Gasteiger partial charge in [0.15, 0.2) is 9.84 Å². The molecular weight excluding hydrogens is 338 g/mol. The van der Waals surface area contributed by atoms with Crippen LogP contribution in [0.3, 0.4) is 0 Å². The van der Waals surface area contributed by atoms with Crippen molar-refractivity contribution in [1.82, 2.24) is 5.32 Å². The lowest BCUT2D eigenvalue weighted by molar-refractivity contribution is 0.602. The minimum Gasteiger partial charge on any atom is -0.309 e. The Labute approximate surface area is 128 Å². The molecule has 2 aromatic rings. The lowest BCUT2D eigenvalue weighted by atomic mass is 10.2. The SMILES string of the molecule is CS(=O)(=O)c1ccc(CNCc2ccc(Br)cc2)cc1. The fourth-order valence-corrected chi connectivity index (χ4v) is 2.70. The molecule has 0 radical (unpaired) electrons. The van der Waals surface area contributed by atoms with E-state index in [2.05, 4.69) is 33.4 Å². The average Bonchev–Trinajstić information content (AvgIpc) is 2.41. The Morgan fingerprint density at radius 2 is 1.35 bits per heavy atom. The van der Waals surface area contributed by atoms with Crippen LogP contribution in [0, 0.1) is 0 Å². The molecule has 0 amide bonds. The molecular formula is C15H16BrNO2S. The first-order valence-electron chi connectivity index (χ1n) is 6.19. The summed E-state index contributed by atoms with van der Waals surface area (Å²) in [5, 5.41) is 3.33. The second-order valence-electron chi connectivity index (χ2n) is 4.65. The topological polar surface area (TPSA) is 46.2 Å². The number of rotatable bonds is 5. The maximum atomic E-state index is 11.4. The quantitative estimate of drug-likeness (QED) is 0.897. The predicted octanol–water partition coefficient (Wildman–Crippen LogP) is 3.14. The molecule has 2 rings (SSSR count). The van der Waals surface area contributed by atoms with Crippen LogP contribution >= 0.6 is 15.9 Å². The van der Waals surface area contributed by atoms with Crippen molar-refractivity contribution in [3.63, 3.8) is 0 Å². The van der Waals surface area contributed by atoms with Gasteiger partial charge in [-0.25, -0.2) is 8.42 Å². The fourth-order valence-electron chi connectivity index (χ4n) is 1.81. The largest absolute Gasteiger partial charge is 0.309 e. The van der Waals surface area contributed by atoms with Gasteiger partial charge in [0.05, 0.1) is 4.90 Å². The molecule has 0 bridgehead atoms. The Kier molecular flexibility index (Phi) is 4.96. The molecule has 0 fully saturated rings. The predicted molar refractivity (Wildman–Crippen MR) is 84.2 cm³/mol. The number of hydrogen-bond acceptors (Lipinski definition) is 3. The average molecular weight is 354 g/mol. The number of sulfone groups is 1. The molecule has 106 valence electrons. The Hall–Kier alpha value is -1.17. The standard InChI is InChI=1S/C15H16BrNO2S/c1-20(18,19)15-8-4-13(5-9-15)11-17-10-12-2-6-14(16)7-3-12/h2-9,17H,10-11H2,1H3. The zero-order chi connectivity index (χ0) is 14.6. The Bertz CT molecular complexity index is 664. The Morgan fingerprint density at radius 3 is 1.80 bits per heavy atom. The molecule has 1 N–H and O–H groups in total. The van der Waals surface area contributed by atoms with Gasteiger partial charge in [0, 0.05) is 23.8 Å². The van der Waals surface area contributed by atoms with Gasteiger partial charge in [-0.3, -0.25) is 0 Å². The van der Waals surface area contributed by atoms with Crippen molar-refractivity contribution >= 4 is 25.8 Å². The summed E-state index contributed by atoms with van der Waals surface area (Å²) in [6.07, 6.45) is 1.22. The van der Waals surface area contributed by atoms with Crippen LogP contribution in [0.2, 0.25) is 0 Å². The summed E-state index contributed by atoms with van der Waals surface area (Å²) in [6.45, 7) is 1.49. The van der Waals surface area contributed by atoms with Gasteiger partial charge in [-0.2, -0.15) is 0 Å². The maximum absolute atomic E-state index is 11.4. The summed E-state index contributed by atoms with van der Waals surface area (Å²) >= 11 is 3.40. The van der Waals surface area contributed by atoms with Crippen molar-refractivity contribution < 1.29 is 8.42 Å². The normalized spacial score (nSPS) is 11.5. The highest BCUT2D eigenvalue weighted by Crippen LogP contribution is 2.12. The molecule has 0 aliphatic carbocycles. The van der Waals surface area contributed by atoms with Crippen LogP contribution in [0.15, 0.2) is 57.9 Å². The van der Waals surface area contributed by atoms with Gasteiger partial charge in [0.2, 0.25) is 0 Å². The Morgan fingerprint density at radius 1 is 0.900 bits per heavy atom. The first-order valence-corrected chi connectivity index (χ1v) is 8.88. The van der Waals surface area contributed by atoms with Crippen LogP contribution in [0.4, 0.5) is 0 Å². The van der Waals surface area contributed by atoms with Gasteiger partial charge in [-0.1, -0.05) is 40.2 Å². The molecule has 0 saturated heterocycles. The van der Waals surface area contributed by atoms with Gasteiger partial charge in [-0.15, -0.1) is 0 Å². The molecule has 5 heteroatoms. The highest BCUT2D eigenvalue weighted by molar-refractivity contribution is 9.10. The third kappa shape index (κ3) is 4.44. The van der Waals surface area contributed by atoms with E-state index in [1.54, 1.807) is 12.1 Å². The van der Waals surface area contributed by atoms with Gasteiger partial charge in [0.1, 0.15) is 0 Å². The lowest BCUT2D eigenvalue weighted by Crippen LogP contribution is -2.12. The molecule has 0 spiro atoms. The van der Waals surface area contributed by atoms with Crippen molar-refractivity contribution in [3.05, 3.63) is 64.1 Å². The summed E-state index contributed by atoms with van der Waals surface area (Å²) in [6, 6.07) is 15.1. The third-order valence-electron chi connectivity index (χ3n) is 2.92. The van der Waals surface area contributed by atoms with Gasteiger partial charge < -0.3 is 5.32 Å². The molecule has 3 nitrogen and oxygen atoms in total. The summed E-state index contributed by atoms with van der Waals surface area (Å²) in [4.78, 5) is 0.356. The van der Waals surface area contributed by atoms with Crippen LogP contribution in [0.1, 0.15) is 11.1 Å². The highest BCUT2D eigenvalue weighted by atomic mass is 79.9. The summed E-state index contributed by atoms with van der Waals surface area (Å²) in [5.74, 6) is 0. The summed E-state index contributed by atoms with van der Waals surface area (Å²) in [5.41, 5.74) is 2.27. The smallest absolute Gasteiger partial charge is 0.175 e. The highest BCUT2D eigenvalue weighted by Gasteiger charge is 2.05. The van der Waals surface area contributed by atoms with E-state index in [9.17, 15) is 8.42 Å². The minimum absolute atomic E-state index is 0.356. The van der Waals surface area contributed by atoms with Crippen LogP contribution in [-0.4, -0.2) is 14.7 Å². The zero-order valence-electron chi connectivity index (χ0n) is 11.1. The van der Waals surface area contributed by atoms with Crippen LogP contribution in [-0.2, 0) is 22.9 Å². The van der Waals surface area contributed by atoms with E-state index in [-0.39, 0.29) is 0 Å². The monoisotopic (exact) mass is 353 g/mol. The zero-order valence-corrected chi connectivity index (χ0v) is 13.5. The van der Waals surface area contributed by atoms with E-state index >= 15 is 0 Å². The van der Waals surface area contributed by atoms with E-state index < -0.39 is 9.84 Å². The molecule has 0 aromatic heterocycles. The van der Waals surface area contributed by atoms with Crippen LogP contribution < -0.4 is 5.32 Å². The first kappa shape index (κ1) is 15.2. The molecule has 0 aliphatic heterocycles. The van der Waals surface area contributed by atoms with E-state index in [4.69, 9.17) is 0 Å². The van der Waals surface area contributed by atoms with Crippen molar-refractivity contribution in [2.75, 3.05) is 6.26 Å². The van der Waals surface area contributed by atoms with Gasteiger partial charge in [-0.05, 0) is 35.4 Å². The first-order chi connectivity index (χ1) is 9.45. The minimum atomic E-state index is -3.11. The molecule has 0 unspecified atom stereocenters. The van der Waals surface area contributed by atoms with Crippen molar-refractivity contribution in [3.8, 4) is 0 Å². The third-order valence-corrected chi connectivity index (χ3v) is 4.58. The molecule has 20 heavy (non-hydrogen) atoms. The van der Waals surface area contributed by atoms with Crippen LogP contribution in [0.5, 0.6) is 0 Å². The number of nitrogens with one attached hydrogen (secondary N) is 1. The van der Waals surface area contributed by atoms with Gasteiger partial charge in [0.25, 0.3) is 0 Å². The second-order valence-corrected chi connectivity index (χ2v) is 7.58. The number of halogens is 1. The fraction of sp³-hybridized carbons (Fsp3) is 0.200. The van der Waals surface area contributed by atoms with Crippen molar-refractivity contribution in [2.24, 2.45) is 0 Å². The Balaban J connectivity index is 1.90. The molecule has 0 atom stereocenters. The second kappa shape index (κ2) is 6.52. The molecule has 0 aliphatic rings. The lowest BCUT2D eigenvalue weighted by Gasteiger charge is -2.06. The van der Waals surface area contributed by atoms with E-state index in [1.165, 1.54) is 11.8 Å². The summed E-state index contributed by atoms with van der Waals surface area (Å²) in [7, 11) is -3.11. The molecule has 0 saturated carbocycles. The van der Waals surface area contributed by atoms with Gasteiger partial charge >= 0.3 is 0 Å². The van der Waals surface area contributed by atoms with Crippen LogP contribution in [0.25, 0.3) is 0 Å². The summed E-state index contributed by atoms with van der Waals surface area (Å²) < 4.78 is 23.8. The van der Waals surface area contributed by atoms with E-state index in [0.29, 0.717) is 11.4 Å². The van der Waals surface area contributed by atoms with E-state index in [1.807, 2.05) is 24.3 Å². The number of hydrogen-bond donors (Lipinski definition) is 1. The number of benzene rings is 2. The maximum Gasteiger partial charge on any atom is 0.175 e. The van der Waals surface area contributed by atoms with E-state index in [0.717, 1.165) is 16.6 Å². The molecule has 0 heterocycles. The van der Waals surface area contributed by atoms with Crippen molar-refractivity contribution in [1.29, 1.82) is 0 Å². The van der Waals surface area contributed by atoms with Crippen molar-refractivity contribution in [2.45, 2.75) is 18.0 Å².